The lowest BCUT2D eigenvalue weighted by Crippen LogP contribution is -2.51. The van der Waals surface area contributed by atoms with Gasteiger partial charge in [-0.3, -0.25) is 9.59 Å². The van der Waals surface area contributed by atoms with Gasteiger partial charge in [-0.1, -0.05) is 0 Å². The van der Waals surface area contributed by atoms with Crippen LogP contribution in [0.5, 0.6) is 11.5 Å². The summed E-state index contributed by atoms with van der Waals surface area (Å²) in [6.07, 6.45) is -0.426. The van der Waals surface area contributed by atoms with Crippen LogP contribution in [0.15, 0.2) is 16.9 Å². The molecule has 0 bridgehead atoms. The number of rotatable bonds is 1. The molecule has 0 saturated carbocycles. The molecule has 0 aromatic heterocycles. The molecule has 26 heavy (non-hydrogen) atoms. The SMILES string of the molecule is Cc1cc(=O)c(O)c(O)cc1C(=O)N1CCN(C(=O)OC(C)(C)C)CC1. The zero-order valence-electron chi connectivity index (χ0n) is 15.4. The molecule has 0 radical (unpaired) electrons. The minimum atomic E-state index is -0.790. The number of hydrogen-bond donors (Lipinski definition) is 2. The van der Waals surface area contributed by atoms with Crippen LogP contribution in [0.3, 0.4) is 0 Å². The van der Waals surface area contributed by atoms with Crippen LogP contribution in [0.4, 0.5) is 4.79 Å². The summed E-state index contributed by atoms with van der Waals surface area (Å²) in [6.45, 7) is 8.16. The molecule has 2 rings (SSSR count). The highest BCUT2D eigenvalue weighted by Crippen LogP contribution is 2.23. The van der Waals surface area contributed by atoms with E-state index < -0.39 is 28.6 Å². The van der Waals surface area contributed by atoms with E-state index in [1.807, 2.05) is 0 Å². The van der Waals surface area contributed by atoms with Crippen LogP contribution in [0.1, 0.15) is 36.7 Å². The molecule has 1 aliphatic heterocycles. The van der Waals surface area contributed by atoms with E-state index >= 15 is 0 Å². The predicted molar refractivity (Wildman–Crippen MR) is 94.5 cm³/mol. The van der Waals surface area contributed by atoms with E-state index in [9.17, 15) is 24.6 Å². The van der Waals surface area contributed by atoms with Crippen molar-refractivity contribution in [1.29, 1.82) is 0 Å². The Morgan fingerprint density at radius 2 is 1.58 bits per heavy atom. The Labute approximate surface area is 151 Å². The van der Waals surface area contributed by atoms with Gasteiger partial charge in [-0.15, -0.1) is 0 Å². The maximum Gasteiger partial charge on any atom is 0.410 e. The molecule has 8 nitrogen and oxygen atoms in total. The summed E-state index contributed by atoms with van der Waals surface area (Å²) < 4.78 is 5.32. The van der Waals surface area contributed by atoms with Crippen molar-refractivity contribution in [3.05, 3.63) is 33.5 Å². The Morgan fingerprint density at radius 3 is 2.12 bits per heavy atom. The first-order valence-electron chi connectivity index (χ1n) is 8.33. The van der Waals surface area contributed by atoms with Gasteiger partial charge in [0.15, 0.2) is 5.75 Å². The van der Waals surface area contributed by atoms with Gasteiger partial charge in [0.05, 0.1) is 0 Å². The fourth-order valence-electron chi connectivity index (χ4n) is 2.61. The summed E-state index contributed by atoms with van der Waals surface area (Å²) in [6, 6.07) is 2.20. The topological polar surface area (TPSA) is 107 Å². The van der Waals surface area contributed by atoms with Crippen molar-refractivity contribution in [3.8, 4) is 11.5 Å². The average Bonchev–Trinajstić information content (AvgIpc) is 2.64. The molecule has 0 atom stereocenters. The van der Waals surface area contributed by atoms with Gasteiger partial charge >= 0.3 is 6.09 Å². The van der Waals surface area contributed by atoms with Crippen molar-refractivity contribution in [2.45, 2.75) is 33.3 Å². The molecule has 1 aromatic carbocycles. The van der Waals surface area contributed by atoms with Crippen LogP contribution in [0, 0.1) is 6.92 Å². The van der Waals surface area contributed by atoms with Crippen molar-refractivity contribution in [2.24, 2.45) is 0 Å². The number of hydrogen-bond acceptors (Lipinski definition) is 6. The van der Waals surface area contributed by atoms with Crippen molar-refractivity contribution < 1.29 is 24.5 Å². The first-order valence-corrected chi connectivity index (χ1v) is 8.33. The zero-order chi connectivity index (χ0) is 19.6. The standard InChI is InChI=1S/C18H24N2O6/c1-11-9-13(21)15(23)14(22)10-12(11)16(24)19-5-7-20(8-6-19)17(25)26-18(2,3)4/h9-10H,5-8H2,1-4H3,(H2,21,22,23). The molecule has 2 amide bonds. The van der Waals surface area contributed by atoms with Gasteiger partial charge in [0.1, 0.15) is 5.60 Å². The van der Waals surface area contributed by atoms with Crippen LogP contribution < -0.4 is 5.43 Å². The predicted octanol–water partition coefficient (Wildman–Crippen LogP) is 1.46. The smallest absolute Gasteiger partial charge is 0.410 e. The van der Waals surface area contributed by atoms with Crippen LogP contribution in [0.25, 0.3) is 0 Å². The highest BCUT2D eigenvalue weighted by Gasteiger charge is 2.28. The Morgan fingerprint density at radius 1 is 1.04 bits per heavy atom. The molecule has 0 spiro atoms. The van der Waals surface area contributed by atoms with Gasteiger partial charge in [-0.05, 0) is 45.4 Å². The molecule has 0 unspecified atom stereocenters. The third-order valence-electron chi connectivity index (χ3n) is 3.98. The van der Waals surface area contributed by atoms with E-state index in [1.165, 1.54) is 9.80 Å². The van der Waals surface area contributed by atoms with Gasteiger partial charge in [0.25, 0.3) is 5.91 Å². The zero-order valence-corrected chi connectivity index (χ0v) is 15.4. The molecular weight excluding hydrogens is 340 g/mol. The van der Waals surface area contributed by atoms with E-state index in [0.29, 0.717) is 31.7 Å². The molecule has 1 aliphatic rings. The molecule has 8 heteroatoms. The molecule has 142 valence electrons. The second-order valence-electron chi connectivity index (χ2n) is 7.24. The summed E-state index contributed by atoms with van der Waals surface area (Å²) >= 11 is 0. The number of carbonyl (C=O) groups excluding carboxylic acids is 2. The third kappa shape index (κ3) is 4.44. The van der Waals surface area contributed by atoms with Gasteiger partial charge in [0, 0.05) is 31.7 Å². The molecule has 1 fully saturated rings. The number of nitrogens with zero attached hydrogens (tertiary/aromatic N) is 2. The molecular formula is C18H24N2O6. The minimum Gasteiger partial charge on any atom is -0.504 e. The van der Waals surface area contributed by atoms with Crippen LogP contribution in [0.2, 0.25) is 0 Å². The summed E-state index contributed by atoms with van der Waals surface area (Å²) in [5.74, 6) is -1.81. The van der Waals surface area contributed by atoms with E-state index in [-0.39, 0.29) is 11.5 Å². The molecule has 0 aliphatic carbocycles. The Balaban J connectivity index is 2.12. The van der Waals surface area contributed by atoms with Crippen molar-refractivity contribution in [2.75, 3.05) is 26.2 Å². The summed E-state index contributed by atoms with van der Waals surface area (Å²) in [5, 5.41) is 19.3. The highest BCUT2D eigenvalue weighted by atomic mass is 16.6. The Bertz CT molecular complexity index is 776. The van der Waals surface area contributed by atoms with E-state index in [0.717, 1.165) is 12.1 Å². The number of aryl methyl sites for hydroxylation is 1. The summed E-state index contributed by atoms with van der Waals surface area (Å²) in [7, 11) is 0. The Kier molecular flexibility index (Phi) is 5.44. The minimum absolute atomic E-state index is 0.130. The monoisotopic (exact) mass is 364 g/mol. The molecule has 1 heterocycles. The first kappa shape index (κ1) is 19.6. The van der Waals surface area contributed by atoms with E-state index in [4.69, 9.17) is 4.74 Å². The lowest BCUT2D eigenvalue weighted by Gasteiger charge is -2.35. The summed E-state index contributed by atoms with van der Waals surface area (Å²) in [4.78, 5) is 39.5. The maximum absolute atomic E-state index is 12.7. The second-order valence-corrected chi connectivity index (χ2v) is 7.24. The quantitative estimate of drug-likeness (QED) is 0.781. The number of amides is 2. The average molecular weight is 364 g/mol. The van der Waals surface area contributed by atoms with Gasteiger partial charge in [-0.25, -0.2) is 4.79 Å². The first-order chi connectivity index (χ1) is 12.0. The van der Waals surface area contributed by atoms with Crippen molar-refractivity contribution in [1.82, 2.24) is 9.80 Å². The molecule has 1 saturated heterocycles. The lowest BCUT2D eigenvalue weighted by molar-refractivity contribution is 0.0140. The molecule has 1 aromatic rings. The van der Waals surface area contributed by atoms with Crippen LogP contribution >= 0.6 is 0 Å². The van der Waals surface area contributed by atoms with Crippen molar-refractivity contribution >= 4 is 12.0 Å². The molecule has 2 N–H and O–H groups in total. The normalized spacial score (nSPS) is 14.9. The number of aromatic hydroxyl groups is 2. The van der Waals surface area contributed by atoms with Crippen LogP contribution in [-0.4, -0.2) is 63.8 Å². The number of carbonyl (C=O) groups is 2. The summed E-state index contributed by atoms with van der Waals surface area (Å²) in [5.41, 5.74) is -0.861. The fourth-order valence-corrected chi connectivity index (χ4v) is 2.61. The largest absolute Gasteiger partial charge is 0.504 e. The van der Waals surface area contributed by atoms with E-state index in [1.54, 1.807) is 27.7 Å². The lowest BCUT2D eigenvalue weighted by atomic mass is 10.1. The maximum atomic E-state index is 12.7. The van der Waals surface area contributed by atoms with Crippen LogP contribution in [-0.2, 0) is 4.74 Å². The van der Waals surface area contributed by atoms with E-state index in [2.05, 4.69) is 0 Å². The number of piperazine rings is 1. The Hall–Kier alpha value is -2.77. The highest BCUT2D eigenvalue weighted by molar-refractivity contribution is 5.96. The third-order valence-corrected chi connectivity index (χ3v) is 3.98. The fraction of sp³-hybridized carbons (Fsp3) is 0.500. The van der Waals surface area contributed by atoms with Gasteiger partial charge in [-0.2, -0.15) is 0 Å². The van der Waals surface area contributed by atoms with Crippen molar-refractivity contribution in [3.63, 3.8) is 0 Å². The van der Waals surface area contributed by atoms with Gasteiger partial charge < -0.3 is 24.7 Å². The second kappa shape index (κ2) is 7.23. The number of ether oxygens (including phenoxy) is 1. The van der Waals surface area contributed by atoms with Gasteiger partial charge in [0.2, 0.25) is 11.2 Å².